The molecule has 0 radical (unpaired) electrons. The van der Waals surface area contributed by atoms with Crippen LogP contribution in [0.25, 0.3) is 0 Å². The average Bonchev–Trinajstić information content (AvgIpc) is 3.27. The van der Waals surface area contributed by atoms with Gasteiger partial charge in [0, 0.05) is 31.7 Å². The Hall–Kier alpha value is -2.67. The number of carbonyl (C=O) groups excluding carboxylic acids is 2. The lowest BCUT2D eigenvalue weighted by molar-refractivity contribution is -0.136. The average molecular weight is 456 g/mol. The Balaban J connectivity index is 1.31. The maximum atomic E-state index is 13.4. The molecule has 2 aliphatic rings. The van der Waals surface area contributed by atoms with Gasteiger partial charge in [0.2, 0.25) is 5.91 Å². The van der Waals surface area contributed by atoms with Crippen molar-refractivity contribution in [3.8, 4) is 0 Å². The van der Waals surface area contributed by atoms with Gasteiger partial charge in [-0.3, -0.25) is 14.5 Å². The minimum Gasteiger partial charge on any atom is -0.456 e. The van der Waals surface area contributed by atoms with E-state index in [1.165, 1.54) is 18.6 Å². The number of piperidine rings is 1. The first-order valence-electron chi connectivity index (χ1n) is 12.1. The number of benzene rings is 1. The zero-order valence-electron chi connectivity index (χ0n) is 19.4. The van der Waals surface area contributed by atoms with E-state index in [1.807, 2.05) is 11.8 Å². The van der Waals surface area contributed by atoms with Crippen molar-refractivity contribution in [3.05, 3.63) is 59.3 Å². The van der Waals surface area contributed by atoms with Crippen LogP contribution in [0.1, 0.15) is 66.8 Å². The predicted octanol–water partition coefficient (Wildman–Crippen LogP) is 4.28. The fraction of sp³-hybridized carbons (Fsp3) is 0.538. The summed E-state index contributed by atoms with van der Waals surface area (Å²) in [7, 11) is 0. The smallest absolute Gasteiger partial charge is 0.287 e. The molecule has 1 aromatic carbocycles. The third-order valence-corrected chi connectivity index (χ3v) is 6.85. The van der Waals surface area contributed by atoms with Gasteiger partial charge in [-0.15, -0.1) is 0 Å². The summed E-state index contributed by atoms with van der Waals surface area (Å²) in [6, 6.07) is 10.3. The summed E-state index contributed by atoms with van der Waals surface area (Å²) in [5.74, 6) is 0.761. The number of halogens is 1. The first-order chi connectivity index (χ1) is 16.0. The van der Waals surface area contributed by atoms with Crippen molar-refractivity contribution < 1.29 is 18.4 Å². The Morgan fingerprint density at radius 1 is 1.03 bits per heavy atom. The van der Waals surface area contributed by atoms with Crippen molar-refractivity contribution in [1.29, 1.82) is 0 Å². The fourth-order valence-corrected chi connectivity index (χ4v) is 4.93. The molecule has 0 bridgehead atoms. The predicted molar refractivity (Wildman–Crippen MR) is 124 cm³/mol. The van der Waals surface area contributed by atoms with Gasteiger partial charge in [0.05, 0.1) is 6.54 Å². The van der Waals surface area contributed by atoms with Crippen LogP contribution in [0.4, 0.5) is 4.39 Å². The molecule has 33 heavy (non-hydrogen) atoms. The summed E-state index contributed by atoms with van der Waals surface area (Å²) >= 11 is 0. The largest absolute Gasteiger partial charge is 0.456 e. The number of amides is 2. The van der Waals surface area contributed by atoms with Gasteiger partial charge in [0.15, 0.2) is 5.76 Å². The molecule has 0 spiro atoms. The Kier molecular flexibility index (Phi) is 7.81. The molecule has 2 heterocycles. The van der Waals surface area contributed by atoms with Gasteiger partial charge in [0.25, 0.3) is 5.91 Å². The summed E-state index contributed by atoms with van der Waals surface area (Å²) in [5.41, 5.74) is 0.963. The Labute approximate surface area is 195 Å². The molecule has 7 heteroatoms. The van der Waals surface area contributed by atoms with Crippen LogP contribution in [0, 0.1) is 12.7 Å². The number of rotatable bonds is 7. The van der Waals surface area contributed by atoms with Crippen LogP contribution in [-0.4, -0.2) is 53.3 Å². The van der Waals surface area contributed by atoms with E-state index in [0.717, 1.165) is 62.9 Å². The molecule has 2 fully saturated rings. The fourth-order valence-electron chi connectivity index (χ4n) is 4.93. The summed E-state index contributed by atoms with van der Waals surface area (Å²) in [6.45, 7) is 4.26. The first kappa shape index (κ1) is 23.5. The molecule has 1 aliphatic heterocycles. The van der Waals surface area contributed by atoms with Gasteiger partial charge in [-0.25, -0.2) is 4.39 Å². The molecule has 4 rings (SSSR count). The van der Waals surface area contributed by atoms with Crippen LogP contribution in [0.2, 0.25) is 0 Å². The highest BCUT2D eigenvalue weighted by Crippen LogP contribution is 2.25. The van der Waals surface area contributed by atoms with Gasteiger partial charge in [-0.1, -0.05) is 31.4 Å². The topological polar surface area (TPSA) is 65.8 Å². The number of nitrogens with zero attached hydrogens (tertiary/aromatic N) is 2. The van der Waals surface area contributed by atoms with Crippen molar-refractivity contribution in [3.63, 3.8) is 0 Å². The van der Waals surface area contributed by atoms with E-state index in [-0.39, 0.29) is 29.7 Å². The van der Waals surface area contributed by atoms with E-state index >= 15 is 0 Å². The zero-order chi connectivity index (χ0) is 23.2. The van der Waals surface area contributed by atoms with Crippen molar-refractivity contribution in [2.24, 2.45) is 0 Å². The molecular weight excluding hydrogens is 421 g/mol. The molecule has 2 amide bonds. The summed E-state index contributed by atoms with van der Waals surface area (Å²) in [4.78, 5) is 29.9. The van der Waals surface area contributed by atoms with Gasteiger partial charge >= 0.3 is 0 Å². The van der Waals surface area contributed by atoms with Crippen LogP contribution < -0.4 is 5.32 Å². The number of hydrogen-bond donors (Lipinski definition) is 1. The maximum Gasteiger partial charge on any atom is 0.287 e. The second kappa shape index (κ2) is 11.0. The van der Waals surface area contributed by atoms with E-state index in [9.17, 15) is 14.0 Å². The third-order valence-electron chi connectivity index (χ3n) is 6.85. The Morgan fingerprint density at radius 3 is 2.36 bits per heavy atom. The number of aryl methyl sites for hydroxylation is 1. The van der Waals surface area contributed by atoms with Crippen molar-refractivity contribution in [2.75, 3.05) is 19.6 Å². The second-order valence-corrected chi connectivity index (χ2v) is 9.37. The lowest BCUT2D eigenvalue weighted by atomic mass is 9.93. The molecule has 1 saturated carbocycles. The summed E-state index contributed by atoms with van der Waals surface area (Å²) in [6.07, 6.45) is 7.21. The molecule has 2 aromatic rings. The lowest BCUT2D eigenvalue weighted by Crippen LogP contribution is -2.50. The molecule has 1 N–H and O–H groups in total. The van der Waals surface area contributed by atoms with Gasteiger partial charge in [-0.2, -0.15) is 0 Å². The minimum absolute atomic E-state index is 0.0860. The van der Waals surface area contributed by atoms with Gasteiger partial charge in [0.1, 0.15) is 11.6 Å². The van der Waals surface area contributed by atoms with Gasteiger partial charge in [-0.05, 0) is 62.4 Å². The van der Waals surface area contributed by atoms with Crippen molar-refractivity contribution in [2.45, 2.75) is 70.5 Å². The molecule has 0 unspecified atom stereocenters. The normalized spacial score (nSPS) is 18.2. The Bertz CT molecular complexity index is 929. The maximum absolute atomic E-state index is 13.4. The van der Waals surface area contributed by atoms with Crippen molar-refractivity contribution in [1.82, 2.24) is 15.1 Å². The number of nitrogens with one attached hydrogen (secondary N) is 1. The summed E-state index contributed by atoms with van der Waals surface area (Å²) < 4.78 is 18.7. The van der Waals surface area contributed by atoms with E-state index in [1.54, 1.807) is 24.3 Å². The second-order valence-electron chi connectivity index (χ2n) is 9.37. The third kappa shape index (κ3) is 6.44. The highest BCUT2D eigenvalue weighted by molar-refractivity contribution is 5.91. The Morgan fingerprint density at radius 2 is 1.73 bits per heavy atom. The van der Waals surface area contributed by atoms with E-state index in [0.29, 0.717) is 18.8 Å². The van der Waals surface area contributed by atoms with E-state index in [4.69, 9.17) is 4.42 Å². The van der Waals surface area contributed by atoms with Gasteiger partial charge < -0.3 is 14.6 Å². The molecule has 0 atom stereocenters. The first-order valence-corrected chi connectivity index (χ1v) is 12.1. The molecule has 1 aromatic heterocycles. The monoisotopic (exact) mass is 455 g/mol. The van der Waals surface area contributed by atoms with E-state index < -0.39 is 0 Å². The molecular formula is C26H34FN3O3. The van der Waals surface area contributed by atoms with Crippen LogP contribution in [0.5, 0.6) is 0 Å². The van der Waals surface area contributed by atoms with E-state index in [2.05, 4.69) is 10.2 Å². The van der Waals surface area contributed by atoms with Crippen molar-refractivity contribution >= 4 is 11.8 Å². The molecule has 1 saturated heterocycles. The molecule has 6 nitrogen and oxygen atoms in total. The standard InChI is InChI=1S/C26H34FN3O3/c1-19-7-12-24(33-19)26(32)28-22-13-15-29(16-14-22)18-25(31)30(23-5-3-2-4-6-23)17-20-8-10-21(27)11-9-20/h7-12,22-23H,2-6,13-18H2,1H3,(H,28,32). The molecule has 178 valence electrons. The number of furan rings is 1. The molecule has 1 aliphatic carbocycles. The minimum atomic E-state index is -0.258. The summed E-state index contributed by atoms with van der Waals surface area (Å²) in [5, 5.41) is 3.05. The number of carbonyl (C=O) groups is 2. The van der Waals surface area contributed by atoms with Crippen LogP contribution in [-0.2, 0) is 11.3 Å². The zero-order valence-corrected chi connectivity index (χ0v) is 19.4. The number of likely N-dealkylation sites (tertiary alicyclic amines) is 1. The number of hydrogen-bond acceptors (Lipinski definition) is 4. The van der Waals surface area contributed by atoms with Crippen LogP contribution >= 0.6 is 0 Å². The quantitative estimate of drug-likeness (QED) is 0.677. The highest BCUT2D eigenvalue weighted by atomic mass is 19.1. The SMILES string of the molecule is Cc1ccc(C(=O)NC2CCN(CC(=O)N(Cc3ccc(F)cc3)C3CCCCC3)CC2)o1. The van der Waals surface area contributed by atoms with Crippen LogP contribution in [0.3, 0.4) is 0 Å². The van der Waals surface area contributed by atoms with Crippen LogP contribution in [0.15, 0.2) is 40.8 Å². The highest BCUT2D eigenvalue weighted by Gasteiger charge is 2.29. The lowest BCUT2D eigenvalue weighted by Gasteiger charge is -2.37.